The number of hydrogen-bond acceptors (Lipinski definition) is 3. The number of carbonyl (C=O) groups excluding carboxylic acids is 1. The average molecular weight is 345 g/mol. The molecule has 1 aromatic rings. The van der Waals surface area contributed by atoms with E-state index in [4.69, 9.17) is 5.26 Å². The summed E-state index contributed by atoms with van der Waals surface area (Å²) >= 11 is 0. The molecule has 0 spiro atoms. The number of alkyl halides is 3. The molecule has 1 aliphatic heterocycles. The first-order valence-electron chi connectivity index (χ1n) is 6.82. The summed E-state index contributed by atoms with van der Waals surface area (Å²) in [6.07, 6.45) is -3.39. The quantitative estimate of drug-likeness (QED) is 0.677. The van der Waals surface area contributed by atoms with Gasteiger partial charge in [0.15, 0.2) is 0 Å². The highest BCUT2D eigenvalue weighted by Gasteiger charge is 2.37. The molecule has 128 valence electrons. The number of carbonyl (C=O) groups is 1. The number of anilines is 1. The summed E-state index contributed by atoms with van der Waals surface area (Å²) in [5.74, 6) is -3.41. The lowest BCUT2D eigenvalue weighted by Gasteiger charge is -2.35. The standard InChI is InChI=1S/C15H12F5N3O/c1-8(15(18,19)20)22-14(24)10-4-12(17)13(5-11(10)16)23-6-9(7-23)2-3-21/h2,4-5,8H,6-7H2,1H3,(H,22,24). The lowest BCUT2D eigenvalue weighted by Crippen LogP contribution is -2.43. The average Bonchev–Trinajstić information content (AvgIpc) is 2.43. The van der Waals surface area contributed by atoms with E-state index in [1.165, 1.54) is 11.0 Å². The van der Waals surface area contributed by atoms with Crippen molar-refractivity contribution in [2.75, 3.05) is 18.0 Å². The lowest BCUT2D eigenvalue weighted by atomic mass is 10.0. The van der Waals surface area contributed by atoms with E-state index in [9.17, 15) is 26.7 Å². The van der Waals surface area contributed by atoms with Crippen LogP contribution in [0.1, 0.15) is 17.3 Å². The Bertz CT molecular complexity index is 728. The Hall–Kier alpha value is -2.63. The van der Waals surface area contributed by atoms with Crippen LogP contribution in [0.2, 0.25) is 0 Å². The molecule has 1 N–H and O–H groups in total. The van der Waals surface area contributed by atoms with Crippen molar-refractivity contribution >= 4 is 11.6 Å². The zero-order valence-corrected chi connectivity index (χ0v) is 12.4. The molecule has 1 aromatic carbocycles. The van der Waals surface area contributed by atoms with Crippen molar-refractivity contribution in [1.29, 1.82) is 5.26 Å². The van der Waals surface area contributed by atoms with Crippen LogP contribution in [-0.4, -0.2) is 31.2 Å². The van der Waals surface area contributed by atoms with E-state index in [2.05, 4.69) is 0 Å². The van der Waals surface area contributed by atoms with Gasteiger partial charge in [0.25, 0.3) is 5.91 Å². The minimum Gasteiger partial charge on any atom is -0.361 e. The summed E-state index contributed by atoms with van der Waals surface area (Å²) < 4.78 is 65.3. The molecule has 9 heteroatoms. The molecule has 0 radical (unpaired) electrons. The molecule has 4 nitrogen and oxygen atoms in total. The Morgan fingerprint density at radius 2 is 1.96 bits per heavy atom. The molecule has 1 aliphatic rings. The van der Waals surface area contributed by atoms with E-state index in [1.54, 1.807) is 5.32 Å². The fourth-order valence-electron chi connectivity index (χ4n) is 2.11. The number of nitrogens with zero attached hydrogens (tertiary/aromatic N) is 2. The van der Waals surface area contributed by atoms with Gasteiger partial charge in [0, 0.05) is 25.2 Å². The molecule has 1 saturated heterocycles. The Morgan fingerprint density at radius 3 is 2.50 bits per heavy atom. The number of nitrogens with one attached hydrogen (secondary N) is 1. The van der Waals surface area contributed by atoms with E-state index >= 15 is 0 Å². The molecule has 0 bridgehead atoms. The zero-order valence-electron chi connectivity index (χ0n) is 12.4. The maximum absolute atomic E-state index is 14.1. The van der Waals surface area contributed by atoms with Gasteiger partial charge in [0.05, 0.1) is 17.3 Å². The van der Waals surface area contributed by atoms with Gasteiger partial charge < -0.3 is 10.2 Å². The molecular weight excluding hydrogens is 333 g/mol. The normalized spacial score (nSPS) is 15.4. The molecule has 0 aliphatic carbocycles. The predicted molar refractivity (Wildman–Crippen MR) is 75.3 cm³/mol. The molecular formula is C15H12F5N3O. The second-order valence-corrected chi connectivity index (χ2v) is 5.31. The maximum Gasteiger partial charge on any atom is 0.408 e. The van der Waals surface area contributed by atoms with Gasteiger partial charge in [0.2, 0.25) is 0 Å². The first-order valence-corrected chi connectivity index (χ1v) is 6.82. The van der Waals surface area contributed by atoms with Crippen LogP contribution in [0.4, 0.5) is 27.6 Å². The van der Waals surface area contributed by atoms with Gasteiger partial charge in [-0.1, -0.05) is 0 Å². The van der Waals surface area contributed by atoms with Gasteiger partial charge >= 0.3 is 6.18 Å². The topological polar surface area (TPSA) is 56.1 Å². The summed E-state index contributed by atoms with van der Waals surface area (Å²) in [5.41, 5.74) is -0.193. The minimum absolute atomic E-state index is 0.122. The maximum atomic E-state index is 14.1. The van der Waals surface area contributed by atoms with E-state index in [-0.39, 0.29) is 18.8 Å². The fourth-order valence-corrected chi connectivity index (χ4v) is 2.11. The first-order chi connectivity index (χ1) is 11.1. The number of benzene rings is 1. The molecule has 1 atom stereocenters. The largest absolute Gasteiger partial charge is 0.408 e. The minimum atomic E-state index is -4.69. The fraction of sp³-hybridized carbons (Fsp3) is 0.333. The highest BCUT2D eigenvalue weighted by molar-refractivity contribution is 5.95. The van der Waals surface area contributed by atoms with Crippen LogP contribution >= 0.6 is 0 Å². The van der Waals surface area contributed by atoms with Crippen LogP contribution in [0.25, 0.3) is 0 Å². The van der Waals surface area contributed by atoms with Gasteiger partial charge in [-0.3, -0.25) is 4.79 Å². The van der Waals surface area contributed by atoms with E-state index in [0.29, 0.717) is 13.0 Å². The SMILES string of the molecule is CC(NC(=O)c1cc(F)c(N2CC(=CC#N)C2)cc1F)C(F)(F)F. The summed E-state index contributed by atoms with van der Waals surface area (Å²) in [6.45, 7) is 1.17. The van der Waals surface area contributed by atoms with Gasteiger partial charge in [-0.2, -0.15) is 18.4 Å². The third-order valence-corrected chi connectivity index (χ3v) is 3.52. The Labute approximate surface area is 134 Å². The number of rotatable bonds is 3. The summed E-state index contributed by atoms with van der Waals surface area (Å²) in [5, 5.41) is 10.1. The number of amides is 1. The molecule has 1 unspecified atom stereocenters. The summed E-state index contributed by atoms with van der Waals surface area (Å²) in [4.78, 5) is 13.1. The molecule has 1 heterocycles. The van der Waals surface area contributed by atoms with Crippen LogP contribution in [0.5, 0.6) is 0 Å². The molecule has 0 saturated carbocycles. The van der Waals surface area contributed by atoms with Gasteiger partial charge in [0.1, 0.15) is 17.7 Å². The van der Waals surface area contributed by atoms with Gasteiger partial charge in [-0.15, -0.1) is 0 Å². The Morgan fingerprint density at radius 1 is 1.33 bits per heavy atom. The Kier molecular flexibility index (Phi) is 4.78. The highest BCUT2D eigenvalue weighted by atomic mass is 19.4. The summed E-state index contributed by atoms with van der Waals surface area (Å²) in [7, 11) is 0. The van der Waals surface area contributed by atoms with E-state index in [0.717, 1.165) is 11.6 Å². The summed E-state index contributed by atoms with van der Waals surface area (Å²) in [6, 6.07) is 0.948. The van der Waals surface area contributed by atoms with Crippen molar-refractivity contribution in [2.24, 2.45) is 0 Å². The van der Waals surface area contributed by atoms with Crippen molar-refractivity contribution in [3.63, 3.8) is 0 Å². The van der Waals surface area contributed by atoms with Gasteiger partial charge in [-0.05, 0) is 18.6 Å². The second kappa shape index (κ2) is 6.47. The second-order valence-electron chi connectivity index (χ2n) is 5.31. The van der Waals surface area contributed by atoms with Crippen molar-refractivity contribution < 1.29 is 26.7 Å². The van der Waals surface area contributed by atoms with Crippen LogP contribution in [0, 0.1) is 23.0 Å². The molecule has 1 amide bonds. The van der Waals surface area contributed by atoms with Crippen LogP contribution in [-0.2, 0) is 0 Å². The van der Waals surface area contributed by atoms with Crippen LogP contribution < -0.4 is 10.2 Å². The van der Waals surface area contributed by atoms with Crippen molar-refractivity contribution in [2.45, 2.75) is 19.1 Å². The number of nitriles is 1. The van der Waals surface area contributed by atoms with E-state index < -0.39 is 35.3 Å². The van der Waals surface area contributed by atoms with Crippen LogP contribution in [0.15, 0.2) is 23.8 Å². The third kappa shape index (κ3) is 3.64. The number of halogens is 5. The molecule has 24 heavy (non-hydrogen) atoms. The lowest BCUT2D eigenvalue weighted by molar-refractivity contribution is -0.149. The predicted octanol–water partition coefficient (Wildman–Crippen LogP) is 2.92. The zero-order chi connectivity index (χ0) is 18.1. The molecule has 2 rings (SSSR count). The Balaban J connectivity index is 2.17. The van der Waals surface area contributed by atoms with E-state index in [1.807, 2.05) is 6.07 Å². The van der Waals surface area contributed by atoms with Crippen molar-refractivity contribution in [3.8, 4) is 6.07 Å². The third-order valence-electron chi connectivity index (χ3n) is 3.52. The number of hydrogen-bond donors (Lipinski definition) is 1. The van der Waals surface area contributed by atoms with Gasteiger partial charge in [-0.25, -0.2) is 8.78 Å². The smallest absolute Gasteiger partial charge is 0.361 e. The number of allylic oxidation sites excluding steroid dienone is 1. The molecule has 1 fully saturated rings. The van der Waals surface area contributed by atoms with Crippen molar-refractivity contribution in [3.05, 3.63) is 41.0 Å². The highest BCUT2D eigenvalue weighted by Crippen LogP contribution is 2.29. The molecule has 0 aromatic heterocycles. The monoisotopic (exact) mass is 345 g/mol. The van der Waals surface area contributed by atoms with Crippen molar-refractivity contribution in [1.82, 2.24) is 5.32 Å². The van der Waals surface area contributed by atoms with Crippen LogP contribution in [0.3, 0.4) is 0 Å². The first kappa shape index (κ1) is 17.7.